The lowest BCUT2D eigenvalue weighted by atomic mass is 9.93. The summed E-state index contributed by atoms with van der Waals surface area (Å²) in [4.78, 5) is 28.0. The van der Waals surface area contributed by atoms with Crippen molar-refractivity contribution >= 4 is 23.1 Å². The second-order valence-corrected chi connectivity index (χ2v) is 8.05. The molecule has 5 heteroatoms. The number of ether oxygens (including phenoxy) is 1. The molecule has 0 aromatic heterocycles. The lowest BCUT2D eigenvalue weighted by molar-refractivity contribution is -0.132. The van der Waals surface area contributed by atoms with Crippen molar-refractivity contribution in [2.24, 2.45) is 0 Å². The number of methoxy groups -OCH3 is 1. The zero-order valence-electron chi connectivity index (χ0n) is 18.5. The normalized spacial score (nSPS) is 17.6. The lowest BCUT2D eigenvalue weighted by Crippen LogP contribution is -2.30. The number of benzene rings is 3. The molecule has 1 unspecified atom stereocenters. The van der Waals surface area contributed by atoms with Crippen molar-refractivity contribution in [2.45, 2.75) is 26.8 Å². The van der Waals surface area contributed by atoms with Crippen molar-refractivity contribution in [3.8, 4) is 5.75 Å². The van der Waals surface area contributed by atoms with Gasteiger partial charge in [-0.1, -0.05) is 48.0 Å². The van der Waals surface area contributed by atoms with Gasteiger partial charge in [0.05, 0.1) is 18.7 Å². The highest BCUT2D eigenvalue weighted by atomic mass is 16.5. The first-order chi connectivity index (χ1) is 15.3. The topological polar surface area (TPSA) is 66.8 Å². The van der Waals surface area contributed by atoms with Gasteiger partial charge in [0.15, 0.2) is 0 Å². The van der Waals surface area contributed by atoms with Crippen molar-refractivity contribution in [2.75, 3.05) is 12.0 Å². The molecule has 0 bridgehead atoms. The van der Waals surface area contributed by atoms with Gasteiger partial charge in [-0.15, -0.1) is 0 Å². The number of aliphatic hydroxyl groups excluding tert-OH is 1. The molecule has 0 spiro atoms. The molecule has 0 aliphatic carbocycles. The third kappa shape index (κ3) is 3.56. The van der Waals surface area contributed by atoms with Crippen LogP contribution in [0.3, 0.4) is 0 Å². The first-order valence-corrected chi connectivity index (χ1v) is 10.4. The number of nitrogens with zero attached hydrogens (tertiary/aromatic N) is 1. The fourth-order valence-electron chi connectivity index (χ4n) is 4.25. The predicted octanol–water partition coefficient (Wildman–Crippen LogP) is 5.25. The Labute approximate surface area is 187 Å². The molecule has 0 saturated carbocycles. The molecule has 1 saturated heterocycles. The maximum atomic E-state index is 13.3. The minimum absolute atomic E-state index is 0.0772. The number of hydrogen-bond acceptors (Lipinski definition) is 4. The van der Waals surface area contributed by atoms with E-state index < -0.39 is 17.7 Å². The van der Waals surface area contributed by atoms with Crippen LogP contribution >= 0.6 is 0 Å². The summed E-state index contributed by atoms with van der Waals surface area (Å²) in [6.07, 6.45) is 0. The second-order valence-electron chi connectivity index (χ2n) is 8.05. The van der Waals surface area contributed by atoms with Gasteiger partial charge >= 0.3 is 0 Å². The lowest BCUT2D eigenvalue weighted by Gasteiger charge is -2.27. The Morgan fingerprint density at radius 2 is 1.66 bits per heavy atom. The van der Waals surface area contributed by atoms with Gasteiger partial charge in [-0.05, 0) is 61.7 Å². The highest BCUT2D eigenvalue weighted by Gasteiger charge is 2.47. The van der Waals surface area contributed by atoms with Crippen LogP contribution in [-0.4, -0.2) is 23.9 Å². The summed E-state index contributed by atoms with van der Waals surface area (Å²) in [5.74, 6) is -0.878. The smallest absolute Gasteiger partial charge is 0.300 e. The number of anilines is 1. The van der Waals surface area contributed by atoms with E-state index in [0.717, 1.165) is 22.3 Å². The average molecular weight is 428 g/mol. The summed E-state index contributed by atoms with van der Waals surface area (Å²) in [6, 6.07) is 19.5. The van der Waals surface area contributed by atoms with Crippen molar-refractivity contribution in [3.05, 3.63) is 100 Å². The first kappa shape index (κ1) is 21.4. The van der Waals surface area contributed by atoms with E-state index in [1.807, 2.05) is 69.3 Å². The number of aliphatic hydroxyl groups is 1. The molecule has 32 heavy (non-hydrogen) atoms. The molecule has 5 nitrogen and oxygen atoms in total. The van der Waals surface area contributed by atoms with Gasteiger partial charge in [-0.25, -0.2) is 0 Å². The van der Waals surface area contributed by atoms with Crippen LogP contribution in [0.1, 0.15) is 33.9 Å². The minimum Gasteiger partial charge on any atom is -0.507 e. The standard InChI is InChI=1S/C27H25NO4/c1-16-8-7-10-19(14-16)24-23(25(29)20-12-13-22(32-4)18(3)15-20)26(30)27(31)28(24)21-11-6-5-9-17(21)2/h5-15,24,29H,1-4H3/b25-23-. The van der Waals surface area contributed by atoms with E-state index in [0.29, 0.717) is 17.0 Å². The number of amides is 1. The van der Waals surface area contributed by atoms with Gasteiger partial charge < -0.3 is 9.84 Å². The number of hydrogen-bond donors (Lipinski definition) is 1. The van der Waals surface area contributed by atoms with E-state index in [4.69, 9.17) is 4.74 Å². The zero-order valence-corrected chi connectivity index (χ0v) is 18.5. The van der Waals surface area contributed by atoms with E-state index in [9.17, 15) is 14.7 Å². The van der Waals surface area contributed by atoms with E-state index in [1.165, 1.54) is 4.90 Å². The molecule has 3 aromatic rings. The Morgan fingerprint density at radius 3 is 2.31 bits per heavy atom. The van der Waals surface area contributed by atoms with Crippen LogP contribution in [0.25, 0.3) is 5.76 Å². The van der Waals surface area contributed by atoms with Gasteiger partial charge in [0.1, 0.15) is 11.5 Å². The number of rotatable bonds is 4. The van der Waals surface area contributed by atoms with Gasteiger partial charge in [-0.2, -0.15) is 0 Å². The highest BCUT2D eigenvalue weighted by molar-refractivity contribution is 6.51. The summed E-state index contributed by atoms with van der Waals surface area (Å²) < 4.78 is 5.31. The summed E-state index contributed by atoms with van der Waals surface area (Å²) in [5.41, 5.74) is 4.63. The van der Waals surface area contributed by atoms with Crippen LogP contribution in [-0.2, 0) is 9.59 Å². The number of carbonyl (C=O) groups is 2. The Kier molecular flexibility index (Phi) is 5.57. The molecule has 1 amide bonds. The Hall–Kier alpha value is -3.86. The quantitative estimate of drug-likeness (QED) is 0.351. The van der Waals surface area contributed by atoms with Gasteiger partial charge in [0, 0.05) is 11.3 Å². The number of aryl methyl sites for hydroxylation is 3. The van der Waals surface area contributed by atoms with Crippen LogP contribution in [0.5, 0.6) is 5.75 Å². The molecule has 4 rings (SSSR count). The number of ketones is 1. The molecule has 1 heterocycles. The van der Waals surface area contributed by atoms with E-state index in [-0.39, 0.29) is 11.3 Å². The maximum absolute atomic E-state index is 13.3. The third-order valence-corrected chi connectivity index (χ3v) is 5.85. The number of Topliss-reactive ketones (excluding diaryl/α,β-unsaturated/α-hetero) is 1. The Balaban J connectivity index is 1.97. The summed E-state index contributed by atoms with van der Waals surface area (Å²) in [6.45, 7) is 5.71. The largest absolute Gasteiger partial charge is 0.507 e. The fourth-order valence-corrected chi connectivity index (χ4v) is 4.25. The van der Waals surface area contributed by atoms with E-state index in [1.54, 1.807) is 25.3 Å². The predicted molar refractivity (Wildman–Crippen MR) is 125 cm³/mol. The molecule has 1 fully saturated rings. The fraction of sp³-hybridized carbons (Fsp3) is 0.185. The molecule has 1 aliphatic heterocycles. The van der Waals surface area contributed by atoms with Crippen LogP contribution in [0, 0.1) is 20.8 Å². The summed E-state index contributed by atoms with van der Waals surface area (Å²) >= 11 is 0. The van der Waals surface area contributed by atoms with Crippen molar-refractivity contribution in [3.63, 3.8) is 0 Å². The van der Waals surface area contributed by atoms with Crippen LogP contribution in [0.4, 0.5) is 5.69 Å². The summed E-state index contributed by atoms with van der Waals surface area (Å²) in [5, 5.41) is 11.3. The first-order valence-electron chi connectivity index (χ1n) is 10.4. The number of carbonyl (C=O) groups excluding carboxylic acids is 2. The molecule has 1 N–H and O–H groups in total. The highest BCUT2D eigenvalue weighted by Crippen LogP contribution is 2.43. The monoisotopic (exact) mass is 427 g/mol. The molecular weight excluding hydrogens is 402 g/mol. The molecular formula is C27H25NO4. The second kappa shape index (κ2) is 8.35. The molecule has 0 radical (unpaired) electrons. The van der Waals surface area contributed by atoms with Gasteiger partial charge in [-0.3, -0.25) is 14.5 Å². The van der Waals surface area contributed by atoms with Crippen molar-refractivity contribution in [1.82, 2.24) is 0 Å². The zero-order chi connectivity index (χ0) is 23.0. The van der Waals surface area contributed by atoms with Crippen LogP contribution < -0.4 is 9.64 Å². The van der Waals surface area contributed by atoms with E-state index >= 15 is 0 Å². The van der Waals surface area contributed by atoms with E-state index in [2.05, 4.69) is 0 Å². The SMILES string of the molecule is COc1ccc(/C(O)=C2/C(=O)C(=O)N(c3ccccc3C)C2c2cccc(C)c2)cc1C. The number of para-hydroxylation sites is 1. The van der Waals surface area contributed by atoms with Crippen LogP contribution in [0.2, 0.25) is 0 Å². The average Bonchev–Trinajstić information content (AvgIpc) is 3.04. The maximum Gasteiger partial charge on any atom is 0.300 e. The Bertz CT molecular complexity index is 1260. The summed E-state index contributed by atoms with van der Waals surface area (Å²) in [7, 11) is 1.58. The van der Waals surface area contributed by atoms with Gasteiger partial charge in [0.2, 0.25) is 0 Å². The third-order valence-electron chi connectivity index (χ3n) is 5.85. The van der Waals surface area contributed by atoms with Crippen molar-refractivity contribution in [1.29, 1.82) is 0 Å². The minimum atomic E-state index is -0.738. The molecule has 1 aliphatic rings. The van der Waals surface area contributed by atoms with Crippen molar-refractivity contribution < 1.29 is 19.4 Å². The Morgan fingerprint density at radius 1 is 0.906 bits per heavy atom. The van der Waals surface area contributed by atoms with Crippen LogP contribution in [0.15, 0.2) is 72.3 Å². The van der Waals surface area contributed by atoms with Gasteiger partial charge in [0.25, 0.3) is 11.7 Å². The molecule has 162 valence electrons. The molecule has 3 aromatic carbocycles. The molecule has 1 atom stereocenters.